The van der Waals surface area contributed by atoms with Crippen LogP contribution in [0, 0.1) is 13.8 Å². The van der Waals surface area contributed by atoms with E-state index >= 15 is 0 Å². The maximum Gasteiger partial charge on any atom is 0.255 e. The molecule has 4 heteroatoms. The van der Waals surface area contributed by atoms with Crippen molar-refractivity contribution < 1.29 is 4.79 Å². The Morgan fingerprint density at radius 2 is 1.95 bits per heavy atom. The van der Waals surface area contributed by atoms with Crippen LogP contribution < -0.4 is 5.32 Å². The second kappa shape index (κ2) is 5.76. The highest BCUT2D eigenvalue weighted by Crippen LogP contribution is 2.23. The van der Waals surface area contributed by atoms with Gasteiger partial charge in [0.25, 0.3) is 5.91 Å². The van der Waals surface area contributed by atoms with Gasteiger partial charge in [0.1, 0.15) is 0 Å². The molecule has 0 saturated heterocycles. The molecule has 1 amide bonds. The normalized spacial score (nSPS) is 10.3. The van der Waals surface area contributed by atoms with E-state index in [1.807, 2.05) is 38.1 Å². The van der Waals surface area contributed by atoms with E-state index in [9.17, 15) is 4.79 Å². The summed E-state index contributed by atoms with van der Waals surface area (Å²) in [6.07, 6.45) is 0. The summed E-state index contributed by atoms with van der Waals surface area (Å²) in [4.78, 5) is 12.3. The van der Waals surface area contributed by atoms with Gasteiger partial charge >= 0.3 is 0 Å². The van der Waals surface area contributed by atoms with E-state index in [0.717, 1.165) is 21.3 Å². The molecular weight excluding hydrogens is 326 g/mol. The Bertz CT molecular complexity index is 640. The van der Waals surface area contributed by atoms with Crippen LogP contribution in [0.5, 0.6) is 0 Å². The fourth-order valence-electron chi connectivity index (χ4n) is 1.81. The molecule has 0 aliphatic rings. The molecule has 0 fully saturated rings. The summed E-state index contributed by atoms with van der Waals surface area (Å²) in [6.45, 7) is 3.82. The lowest BCUT2D eigenvalue weighted by Crippen LogP contribution is -2.14. The van der Waals surface area contributed by atoms with Crippen molar-refractivity contribution in [2.45, 2.75) is 13.8 Å². The Kier molecular flexibility index (Phi) is 4.27. The Morgan fingerprint density at radius 1 is 1.21 bits per heavy atom. The van der Waals surface area contributed by atoms with Gasteiger partial charge in [-0.1, -0.05) is 33.6 Å². The Morgan fingerprint density at radius 3 is 2.63 bits per heavy atom. The largest absolute Gasteiger partial charge is 0.322 e. The quantitative estimate of drug-likeness (QED) is 0.823. The van der Waals surface area contributed by atoms with Crippen LogP contribution in [-0.2, 0) is 0 Å². The molecular formula is C15H13BrClNO. The number of nitrogens with one attached hydrogen (secondary N) is 1. The first kappa shape index (κ1) is 14.1. The van der Waals surface area contributed by atoms with Crippen LogP contribution in [0.4, 0.5) is 5.69 Å². The summed E-state index contributed by atoms with van der Waals surface area (Å²) >= 11 is 9.32. The molecule has 1 N–H and O–H groups in total. The van der Waals surface area contributed by atoms with Crippen LogP contribution >= 0.6 is 27.5 Å². The summed E-state index contributed by atoms with van der Waals surface area (Å²) in [7, 11) is 0. The van der Waals surface area contributed by atoms with Crippen molar-refractivity contribution in [1.29, 1.82) is 0 Å². The predicted octanol–water partition coefficient (Wildman–Crippen LogP) is 4.97. The SMILES string of the molecule is Cc1cc(Cl)ccc1NC(=O)c1cccc(Br)c1C. The summed E-state index contributed by atoms with van der Waals surface area (Å²) in [6, 6.07) is 11.0. The van der Waals surface area contributed by atoms with Crippen LogP contribution in [0.1, 0.15) is 21.5 Å². The lowest BCUT2D eigenvalue weighted by molar-refractivity contribution is 0.102. The highest BCUT2D eigenvalue weighted by atomic mass is 79.9. The van der Waals surface area contributed by atoms with Crippen molar-refractivity contribution in [2.75, 3.05) is 5.32 Å². The Labute approximate surface area is 125 Å². The second-order valence-electron chi connectivity index (χ2n) is 4.33. The number of carbonyl (C=O) groups excluding carboxylic acids is 1. The van der Waals surface area contributed by atoms with Gasteiger partial charge in [0, 0.05) is 20.7 Å². The molecule has 0 unspecified atom stereocenters. The molecule has 2 nitrogen and oxygen atoms in total. The maximum atomic E-state index is 12.3. The highest BCUT2D eigenvalue weighted by molar-refractivity contribution is 9.10. The molecule has 0 atom stereocenters. The number of halogens is 2. The molecule has 0 aliphatic carbocycles. The molecule has 0 bridgehead atoms. The van der Waals surface area contributed by atoms with Gasteiger partial charge < -0.3 is 5.32 Å². The number of rotatable bonds is 2. The van der Waals surface area contributed by atoms with E-state index in [0.29, 0.717) is 10.6 Å². The van der Waals surface area contributed by atoms with Crippen molar-refractivity contribution in [3.63, 3.8) is 0 Å². The van der Waals surface area contributed by atoms with Gasteiger partial charge in [-0.3, -0.25) is 4.79 Å². The van der Waals surface area contributed by atoms with Gasteiger partial charge in [0.15, 0.2) is 0 Å². The summed E-state index contributed by atoms with van der Waals surface area (Å²) in [5.41, 5.74) is 3.29. The Hall–Kier alpha value is -1.32. The molecule has 0 heterocycles. The van der Waals surface area contributed by atoms with E-state index in [1.54, 1.807) is 12.1 Å². The van der Waals surface area contributed by atoms with E-state index in [1.165, 1.54) is 0 Å². The number of hydrogen-bond donors (Lipinski definition) is 1. The number of benzene rings is 2. The number of anilines is 1. The molecule has 0 saturated carbocycles. The molecule has 0 radical (unpaired) electrons. The molecule has 98 valence electrons. The van der Waals surface area contributed by atoms with Crippen LogP contribution in [0.15, 0.2) is 40.9 Å². The van der Waals surface area contributed by atoms with E-state index in [-0.39, 0.29) is 5.91 Å². The number of carbonyl (C=O) groups is 1. The fourth-order valence-corrected chi connectivity index (χ4v) is 2.40. The van der Waals surface area contributed by atoms with Gasteiger partial charge in [-0.2, -0.15) is 0 Å². The zero-order valence-corrected chi connectivity index (χ0v) is 13.0. The lowest BCUT2D eigenvalue weighted by Gasteiger charge is -2.11. The predicted molar refractivity (Wildman–Crippen MR) is 83.0 cm³/mol. The van der Waals surface area contributed by atoms with Crippen molar-refractivity contribution in [2.24, 2.45) is 0 Å². The van der Waals surface area contributed by atoms with Crippen molar-refractivity contribution in [3.05, 3.63) is 62.6 Å². The summed E-state index contributed by atoms with van der Waals surface area (Å²) in [5.74, 6) is -0.121. The minimum Gasteiger partial charge on any atom is -0.322 e. The summed E-state index contributed by atoms with van der Waals surface area (Å²) < 4.78 is 0.924. The molecule has 0 aromatic heterocycles. The first-order valence-corrected chi connectivity index (χ1v) is 6.99. The van der Waals surface area contributed by atoms with E-state index in [4.69, 9.17) is 11.6 Å². The van der Waals surface area contributed by atoms with Crippen molar-refractivity contribution >= 4 is 39.1 Å². The third-order valence-electron chi connectivity index (χ3n) is 2.95. The van der Waals surface area contributed by atoms with E-state index in [2.05, 4.69) is 21.2 Å². The van der Waals surface area contributed by atoms with Gasteiger partial charge in [-0.05, 0) is 55.3 Å². The minimum absolute atomic E-state index is 0.121. The van der Waals surface area contributed by atoms with Gasteiger partial charge in [0.05, 0.1) is 0 Å². The molecule has 2 aromatic rings. The smallest absolute Gasteiger partial charge is 0.255 e. The molecule has 2 rings (SSSR count). The average molecular weight is 339 g/mol. The number of aryl methyl sites for hydroxylation is 1. The van der Waals surface area contributed by atoms with Gasteiger partial charge in [-0.25, -0.2) is 0 Å². The minimum atomic E-state index is -0.121. The average Bonchev–Trinajstić information content (AvgIpc) is 2.36. The zero-order chi connectivity index (χ0) is 14.0. The summed E-state index contributed by atoms with van der Waals surface area (Å²) in [5, 5.41) is 3.56. The molecule has 2 aromatic carbocycles. The monoisotopic (exact) mass is 337 g/mol. The first-order valence-electron chi connectivity index (χ1n) is 5.81. The lowest BCUT2D eigenvalue weighted by atomic mass is 10.1. The maximum absolute atomic E-state index is 12.3. The second-order valence-corrected chi connectivity index (χ2v) is 5.62. The van der Waals surface area contributed by atoms with Gasteiger partial charge in [0.2, 0.25) is 0 Å². The van der Waals surface area contributed by atoms with Gasteiger partial charge in [-0.15, -0.1) is 0 Å². The van der Waals surface area contributed by atoms with Crippen molar-refractivity contribution in [1.82, 2.24) is 0 Å². The third kappa shape index (κ3) is 3.17. The van der Waals surface area contributed by atoms with Crippen LogP contribution in [0.3, 0.4) is 0 Å². The van der Waals surface area contributed by atoms with Crippen molar-refractivity contribution in [3.8, 4) is 0 Å². The molecule has 0 aliphatic heterocycles. The first-order chi connectivity index (χ1) is 8.99. The highest BCUT2D eigenvalue weighted by Gasteiger charge is 2.11. The fraction of sp³-hybridized carbons (Fsp3) is 0.133. The van der Waals surface area contributed by atoms with Crippen LogP contribution in [0.2, 0.25) is 5.02 Å². The number of hydrogen-bond acceptors (Lipinski definition) is 1. The number of amides is 1. The third-order valence-corrected chi connectivity index (χ3v) is 4.04. The van der Waals surface area contributed by atoms with Crippen LogP contribution in [-0.4, -0.2) is 5.91 Å². The zero-order valence-electron chi connectivity index (χ0n) is 10.6. The molecule has 0 spiro atoms. The standard InChI is InChI=1S/C15H13BrClNO/c1-9-8-11(17)6-7-14(9)18-15(19)12-4-3-5-13(16)10(12)2/h3-8H,1-2H3,(H,18,19). The van der Waals surface area contributed by atoms with E-state index < -0.39 is 0 Å². The topological polar surface area (TPSA) is 29.1 Å². The van der Waals surface area contributed by atoms with Crippen LogP contribution in [0.25, 0.3) is 0 Å². The Balaban J connectivity index is 2.28. The molecule has 19 heavy (non-hydrogen) atoms.